The molecule has 2 rings (SSSR count). The summed E-state index contributed by atoms with van der Waals surface area (Å²) in [6.07, 6.45) is 0. The molecular weight excluding hydrogens is 252 g/mol. The van der Waals surface area contributed by atoms with Gasteiger partial charge >= 0.3 is 5.97 Å². The summed E-state index contributed by atoms with van der Waals surface area (Å²) in [5.74, 6) is -1.25. The molecule has 0 aliphatic carbocycles. The molecule has 0 radical (unpaired) electrons. The first-order chi connectivity index (χ1) is 9.76. The van der Waals surface area contributed by atoms with Gasteiger partial charge in [0.1, 0.15) is 5.75 Å². The fraction of sp³-hybridized carbons (Fsp3) is 0.0625. The molecule has 0 amide bonds. The molecule has 0 saturated carbocycles. The van der Waals surface area contributed by atoms with E-state index in [-0.39, 0.29) is 5.75 Å². The van der Waals surface area contributed by atoms with Crippen molar-refractivity contribution < 1.29 is 9.53 Å². The van der Waals surface area contributed by atoms with Crippen molar-refractivity contribution in [3.8, 4) is 17.9 Å². The molecule has 2 aromatic carbocycles. The highest BCUT2D eigenvalue weighted by Crippen LogP contribution is 2.26. The first kappa shape index (κ1) is 13.3. The molecule has 0 aromatic heterocycles. The third kappa shape index (κ3) is 2.82. The largest absolute Gasteiger partial charge is 0.423 e. The van der Waals surface area contributed by atoms with E-state index >= 15 is 0 Å². The molecule has 0 aliphatic rings. The predicted molar refractivity (Wildman–Crippen MR) is 71.8 cm³/mol. The van der Waals surface area contributed by atoms with Crippen LogP contribution in [0, 0.1) is 22.7 Å². The molecule has 0 fully saturated rings. The number of ether oxygens (including phenoxy) is 1. The quantitative estimate of drug-likeness (QED) is 0.629. The van der Waals surface area contributed by atoms with Crippen molar-refractivity contribution in [2.45, 2.75) is 5.92 Å². The zero-order valence-electron chi connectivity index (χ0n) is 10.5. The Hall–Kier alpha value is -3.11. The molecule has 0 aliphatic heterocycles. The third-order valence-corrected chi connectivity index (χ3v) is 2.70. The van der Waals surface area contributed by atoms with Crippen LogP contribution in [0.3, 0.4) is 0 Å². The van der Waals surface area contributed by atoms with E-state index in [9.17, 15) is 4.79 Å². The van der Waals surface area contributed by atoms with Gasteiger partial charge in [0.25, 0.3) is 0 Å². The summed E-state index contributed by atoms with van der Waals surface area (Å²) in [6.45, 7) is 0. The molecule has 2 aromatic rings. The summed E-state index contributed by atoms with van der Waals surface area (Å²) in [6, 6.07) is 18.8. The van der Waals surface area contributed by atoms with Gasteiger partial charge in [0.15, 0.2) is 5.92 Å². The number of rotatable bonds is 3. The molecule has 0 unspecified atom stereocenters. The Balaban J connectivity index is 2.29. The second-order valence-corrected chi connectivity index (χ2v) is 3.98. The molecule has 0 spiro atoms. The summed E-state index contributed by atoms with van der Waals surface area (Å²) >= 11 is 0. The Morgan fingerprint density at radius 3 is 2.20 bits per heavy atom. The summed E-state index contributed by atoms with van der Waals surface area (Å²) in [7, 11) is 0. The summed E-state index contributed by atoms with van der Waals surface area (Å²) in [5, 5.41) is 17.9. The van der Waals surface area contributed by atoms with Gasteiger partial charge in [-0.2, -0.15) is 10.5 Å². The van der Waals surface area contributed by atoms with E-state index in [0.717, 1.165) is 0 Å². The van der Waals surface area contributed by atoms with Gasteiger partial charge in [0.05, 0.1) is 17.7 Å². The number of carbonyl (C=O) groups excluding carboxylic acids is 1. The topological polar surface area (TPSA) is 73.9 Å². The Labute approximate surface area is 116 Å². The minimum absolute atomic E-state index is 0.231. The minimum Gasteiger partial charge on any atom is -0.423 e. The van der Waals surface area contributed by atoms with Gasteiger partial charge in [0.2, 0.25) is 0 Å². The average molecular weight is 262 g/mol. The van der Waals surface area contributed by atoms with Crippen molar-refractivity contribution in [3.63, 3.8) is 0 Å². The van der Waals surface area contributed by atoms with Gasteiger partial charge < -0.3 is 4.74 Å². The Kier molecular flexibility index (Phi) is 4.11. The van der Waals surface area contributed by atoms with E-state index in [4.69, 9.17) is 15.3 Å². The van der Waals surface area contributed by atoms with Crippen molar-refractivity contribution in [2.75, 3.05) is 0 Å². The zero-order chi connectivity index (χ0) is 14.4. The predicted octanol–water partition coefficient (Wildman–Crippen LogP) is 3.04. The molecule has 0 bridgehead atoms. The minimum atomic E-state index is -0.963. The van der Waals surface area contributed by atoms with E-state index < -0.39 is 11.9 Å². The number of hydrogen-bond donors (Lipinski definition) is 0. The van der Waals surface area contributed by atoms with Crippen molar-refractivity contribution in [1.82, 2.24) is 0 Å². The van der Waals surface area contributed by atoms with E-state index in [1.807, 2.05) is 12.1 Å². The Morgan fingerprint density at radius 2 is 1.55 bits per heavy atom. The lowest BCUT2D eigenvalue weighted by Gasteiger charge is -2.09. The standard InChI is InChI=1S/C16H10N2O2/c17-10-13(11-18)14-8-4-5-9-15(14)20-16(19)12-6-2-1-3-7-12/h1-9,13H. The monoisotopic (exact) mass is 262 g/mol. The summed E-state index contributed by atoms with van der Waals surface area (Å²) in [5.41, 5.74) is 0.801. The lowest BCUT2D eigenvalue weighted by molar-refractivity contribution is 0.0733. The molecule has 0 heterocycles. The highest BCUT2D eigenvalue weighted by atomic mass is 16.5. The fourth-order valence-corrected chi connectivity index (χ4v) is 1.71. The molecule has 96 valence electrons. The highest BCUT2D eigenvalue weighted by molar-refractivity contribution is 5.91. The van der Waals surface area contributed by atoms with Gasteiger partial charge in [-0.3, -0.25) is 0 Å². The van der Waals surface area contributed by atoms with Crippen LogP contribution in [0.2, 0.25) is 0 Å². The van der Waals surface area contributed by atoms with Crippen molar-refractivity contribution in [1.29, 1.82) is 10.5 Å². The van der Waals surface area contributed by atoms with Gasteiger partial charge in [-0.25, -0.2) is 4.79 Å². The lowest BCUT2D eigenvalue weighted by Crippen LogP contribution is -2.10. The first-order valence-corrected chi connectivity index (χ1v) is 5.91. The van der Waals surface area contributed by atoms with Crippen LogP contribution >= 0.6 is 0 Å². The maximum atomic E-state index is 12.0. The van der Waals surface area contributed by atoms with Crippen LogP contribution in [0.4, 0.5) is 0 Å². The SMILES string of the molecule is N#CC(C#N)c1ccccc1OC(=O)c1ccccc1. The molecule has 4 heteroatoms. The fourth-order valence-electron chi connectivity index (χ4n) is 1.71. The lowest BCUT2D eigenvalue weighted by atomic mass is 10.0. The number of benzene rings is 2. The van der Waals surface area contributed by atoms with Crippen LogP contribution < -0.4 is 4.74 Å². The van der Waals surface area contributed by atoms with Gasteiger partial charge in [0, 0.05) is 5.56 Å². The highest BCUT2D eigenvalue weighted by Gasteiger charge is 2.17. The maximum Gasteiger partial charge on any atom is 0.343 e. The van der Waals surface area contributed by atoms with E-state index in [1.165, 1.54) is 0 Å². The van der Waals surface area contributed by atoms with E-state index in [0.29, 0.717) is 11.1 Å². The number of para-hydroxylation sites is 1. The smallest absolute Gasteiger partial charge is 0.343 e. The van der Waals surface area contributed by atoms with Crippen LogP contribution in [0.5, 0.6) is 5.75 Å². The van der Waals surface area contributed by atoms with E-state index in [1.54, 1.807) is 54.6 Å². The maximum absolute atomic E-state index is 12.0. The van der Waals surface area contributed by atoms with Gasteiger partial charge in [-0.1, -0.05) is 36.4 Å². The molecular formula is C16H10N2O2. The first-order valence-electron chi connectivity index (χ1n) is 5.91. The van der Waals surface area contributed by atoms with Crippen LogP contribution in [-0.4, -0.2) is 5.97 Å². The second kappa shape index (κ2) is 6.17. The number of carbonyl (C=O) groups is 1. The number of nitriles is 2. The van der Waals surface area contributed by atoms with Crippen molar-refractivity contribution in [2.24, 2.45) is 0 Å². The second-order valence-electron chi connectivity index (χ2n) is 3.98. The Morgan fingerprint density at radius 1 is 0.950 bits per heavy atom. The van der Waals surface area contributed by atoms with Crippen LogP contribution in [-0.2, 0) is 0 Å². The molecule has 4 nitrogen and oxygen atoms in total. The van der Waals surface area contributed by atoms with Crippen LogP contribution in [0.25, 0.3) is 0 Å². The molecule has 0 saturated heterocycles. The van der Waals surface area contributed by atoms with E-state index in [2.05, 4.69) is 0 Å². The number of nitrogens with zero attached hydrogens (tertiary/aromatic N) is 2. The Bertz CT molecular complexity index is 682. The van der Waals surface area contributed by atoms with Crippen LogP contribution in [0.15, 0.2) is 54.6 Å². The summed E-state index contributed by atoms with van der Waals surface area (Å²) in [4.78, 5) is 12.0. The van der Waals surface area contributed by atoms with Crippen molar-refractivity contribution >= 4 is 5.97 Å². The zero-order valence-corrected chi connectivity index (χ0v) is 10.5. The number of esters is 1. The third-order valence-electron chi connectivity index (χ3n) is 2.70. The molecule has 0 N–H and O–H groups in total. The van der Waals surface area contributed by atoms with Gasteiger partial charge in [-0.15, -0.1) is 0 Å². The molecule has 0 atom stereocenters. The number of hydrogen-bond acceptors (Lipinski definition) is 4. The van der Waals surface area contributed by atoms with Crippen LogP contribution in [0.1, 0.15) is 21.8 Å². The van der Waals surface area contributed by atoms with Crippen molar-refractivity contribution in [3.05, 3.63) is 65.7 Å². The molecule has 20 heavy (non-hydrogen) atoms. The van der Waals surface area contributed by atoms with Gasteiger partial charge in [-0.05, 0) is 18.2 Å². The summed E-state index contributed by atoms with van der Waals surface area (Å²) < 4.78 is 5.28. The average Bonchev–Trinajstić information content (AvgIpc) is 2.51. The normalized spacial score (nSPS) is 9.55.